The van der Waals surface area contributed by atoms with Crippen molar-refractivity contribution in [1.82, 2.24) is 0 Å². The van der Waals surface area contributed by atoms with E-state index in [4.69, 9.17) is 10.5 Å². The van der Waals surface area contributed by atoms with Crippen molar-refractivity contribution < 1.29 is 9.53 Å². The number of rotatable bonds is 5. The maximum Gasteiger partial charge on any atom is 0.248 e. The second kappa shape index (κ2) is 6.31. The molecule has 0 saturated carbocycles. The molecule has 0 saturated heterocycles. The standard InChI is InChI=1S/C17H20N2O2/c1-11-4-9-16(21-3)15(10-11)12(2)19-14-7-5-13(6-8-14)17(18)20/h4-10,12,19H,1-3H3,(H2,18,20). The summed E-state index contributed by atoms with van der Waals surface area (Å²) in [5.74, 6) is 0.435. The van der Waals surface area contributed by atoms with Crippen LogP contribution in [0.15, 0.2) is 42.5 Å². The molecule has 0 heterocycles. The summed E-state index contributed by atoms with van der Waals surface area (Å²) in [7, 11) is 1.67. The molecular weight excluding hydrogens is 264 g/mol. The number of nitrogens with two attached hydrogens (primary N) is 1. The SMILES string of the molecule is COc1ccc(C)cc1C(C)Nc1ccc(C(N)=O)cc1. The van der Waals surface area contributed by atoms with E-state index in [1.54, 1.807) is 19.2 Å². The van der Waals surface area contributed by atoms with Crippen LogP contribution in [0.3, 0.4) is 0 Å². The van der Waals surface area contributed by atoms with Gasteiger partial charge < -0.3 is 15.8 Å². The molecule has 0 aliphatic rings. The van der Waals surface area contributed by atoms with Crippen LogP contribution in [0.1, 0.15) is 34.5 Å². The first-order chi connectivity index (χ1) is 10.0. The van der Waals surface area contributed by atoms with Crippen molar-refractivity contribution in [3.8, 4) is 5.75 Å². The molecular formula is C17H20N2O2. The van der Waals surface area contributed by atoms with Gasteiger partial charge in [-0.1, -0.05) is 17.7 Å². The Kier molecular flexibility index (Phi) is 4.48. The van der Waals surface area contributed by atoms with Crippen LogP contribution in [-0.4, -0.2) is 13.0 Å². The average Bonchev–Trinajstić information content (AvgIpc) is 2.47. The van der Waals surface area contributed by atoms with Gasteiger partial charge in [0, 0.05) is 16.8 Å². The number of anilines is 1. The number of carbonyl (C=O) groups is 1. The van der Waals surface area contributed by atoms with Crippen molar-refractivity contribution in [3.63, 3.8) is 0 Å². The van der Waals surface area contributed by atoms with Gasteiger partial charge in [-0.3, -0.25) is 4.79 Å². The number of amides is 1. The maximum absolute atomic E-state index is 11.1. The highest BCUT2D eigenvalue weighted by Crippen LogP contribution is 2.28. The molecule has 0 aliphatic carbocycles. The second-order valence-electron chi connectivity index (χ2n) is 5.05. The van der Waals surface area contributed by atoms with Gasteiger partial charge in [0.1, 0.15) is 5.75 Å². The van der Waals surface area contributed by atoms with Gasteiger partial charge in [0.25, 0.3) is 0 Å². The Morgan fingerprint density at radius 1 is 1.19 bits per heavy atom. The Labute approximate surface area is 124 Å². The van der Waals surface area contributed by atoms with Crippen molar-refractivity contribution >= 4 is 11.6 Å². The average molecular weight is 284 g/mol. The van der Waals surface area contributed by atoms with Crippen LogP contribution in [0.25, 0.3) is 0 Å². The number of benzene rings is 2. The van der Waals surface area contributed by atoms with E-state index in [9.17, 15) is 4.79 Å². The Morgan fingerprint density at radius 3 is 2.43 bits per heavy atom. The van der Waals surface area contributed by atoms with E-state index in [-0.39, 0.29) is 6.04 Å². The minimum atomic E-state index is -0.421. The number of hydrogen-bond donors (Lipinski definition) is 2. The lowest BCUT2D eigenvalue weighted by molar-refractivity contribution is 0.100. The number of aryl methyl sites for hydroxylation is 1. The molecule has 2 aromatic rings. The number of methoxy groups -OCH3 is 1. The van der Waals surface area contributed by atoms with Gasteiger partial charge in [0.05, 0.1) is 13.2 Å². The van der Waals surface area contributed by atoms with Gasteiger partial charge in [-0.25, -0.2) is 0 Å². The van der Waals surface area contributed by atoms with Gasteiger partial charge in [0.2, 0.25) is 5.91 Å². The zero-order valence-electron chi connectivity index (χ0n) is 12.5. The van der Waals surface area contributed by atoms with Crippen molar-refractivity contribution in [2.24, 2.45) is 5.73 Å². The lowest BCUT2D eigenvalue weighted by Gasteiger charge is -2.19. The monoisotopic (exact) mass is 284 g/mol. The molecule has 1 atom stereocenters. The second-order valence-corrected chi connectivity index (χ2v) is 5.05. The molecule has 0 fully saturated rings. The molecule has 0 bridgehead atoms. The number of primary amides is 1. The number of ether oxygens (including phenoxy) is 1. The number of hydrogen-bond acceptors (Lipinski definition) is 3. The third-order valence-corrected chi connectivity index (χ3v) is 3.40. The van der Waals surface area contributed by atoms with Crippen LogP contribution in [0.5, 0.6) is 5.75 Å². The van der Waals surface area contributed by atoms with Gasteiger partial charge in [-0.2, -0.15) is 0 Å². The van der Waals surface area contributed by atoms with Crippen LogP contribution in [0.2, 0.25) is 0 Å². The fourth-order valence-electron chi connectivity index (χ4n) is 2.25. The van der Waals surface area contributed by atoms with Gasteiger partial charge in [-0.05, 0) is 44.2 Å². The first-order valence-corrected chi connectivity index (χ1v) is 6.82. The van der Waals surface area contributed by atoms with E-state index < -0.39 is 5.91 Å². The lowest BCUT2D eigenvalue weighted by Crippen LogP contribution is -2.11. The Morgan fingerprint density at radius 2 is 1.86 bits per heavy atom. The topological polar surface area (TPSA) is 64.3 Å². The summed E-state index contributed by atoms with van der Waals surface area (Å²) in [5, 5.41) is 3.39. The molecule has 21 heavy (non-hydrogen) atoms. The predicted molar refractivity (Wildman–Crippen MR) is 84.7 cm³/mol. The van der Waals surface area contributed by atoms with Crippen LogP contribution >= 0.6 is 0 Å². The summed E-state index contributed by atoms with van der Waals surface area (Å²) >= 11 is 0. The molecule has 110 valence electrons. The fraction of sp³-hybridized carbons (Fsp3) is 0.235. The van der Waals surface area contributed by atoms with Crippen molar-refractivity contribution in [2.75, 3.05) is 12.4 Å². The van der Waals surface area contributed by atoms with E-state index in [0.29, 0.717) is 5.56 Å². The summed E-state index contributed by atoms with van der Waals surface area (Å²) in [5.41, 5.74) is 8.94. The minimum Gasteiger partial charge on any atom is -0.496 e. The first-order valence-electron chi connectivity index (χ1n) is 6.82. The predicted octanol–water partition coefficient (Wildman–Crippen LogP) is 3.28. The zero-order valence-corrected chi connectivity index (χ0v) is 12.5. The van der Waals surface area contributed by atoms with Crippen LogP contribution in [0.4, 0.5) is 5.69 Å². The number of carbonyl (C=O) groups excluding carboxylic acids is 1. The largest absolute Gasteiger partial charge is 0.496 e. The molecule has 3 N–H and O–H groups in total. The summed E-state index contributed by atoms with van der Waals surface area (Å²) < 4.78 is 5.41. The normalized spacial score (nSPS) is 11.8. The zero-order chi connectivity index (χ0) is 15.4. The fourth-order valence-corrected chi connectivity index (χ4v) is 2.25. The summed E-state index contributed by atoms with van der Waals surface area (Å²) in [6.07, 6.45) is 0. The quantitative estimate of drug-likeness (QED) is 0.885. The molecule has 4 heteroatoms. The van der Waals surface area contributed by atoms with Crippen LogP contribution in [0, 0.1) is 6.92 Å². The molecule has 2 aromatic carbocycles. The molecule has 4 nitrogen and oxygen atoms in total. The summed E-state index contributed by atoms with van der Waals surface area (Å²) in [6, 6.07) is 13.3. The van der Waals surface area contributed by atoms with Crippen molar-refractivity contribution in [3.05, 3.63) is 59.2 Å². The third kappa shape index (κ3) is 3.54. The minimum absolute atomic E-state index is 0.0827. The molecule has 0 radical (unpaired) electrons. The van der Waals surface area contributed by atoms with Crippen LogP contribution in [-0.2, 0) is 0 Å². The number of nitrogens with one attached hydrogen (secondary N) is 1. The van der Waals surface area contributed by atoms with Crippen molar-refractivity contribution in [1.29, 1.82) is 0 Å². The molecule has 0 spiro atoms. The van der Waals surface area contributed by atoms with Crippen LogP contribution < -0.4 is 15.8 Å². The Bertz CT molecular complexity index is 636. The van der Waals surface area contributed by atoms with Gasteiger partial charge in [-0.15, -0.1) is 0 Å². The smallest absolute Gasteiger partial charge is 0.248 e. The lowest BCUT2D eigenvalue weighted by atomic mass is 10.0. The van der Waals surface area contributed by atoms with E-state index in [1.165, 1.54) is 5.56 Å². The van der Waals surface area contributed by atoms with Gasteiger partial charge in [0.15, 0.2) is 0 Å². The summed E-state index contributed by atoms with van der Waals surface area (Å²) in [6.45, 7) is 4.12. The molecule has 0 aliphatic heterocycles. The Hall–Kier alpha value is -2.49. The highest BCUT2D eigenvalue weighted by atomic mass is 16.5. The summed E-state index contributed by atoms with van der Waals surface area (Å²) in [4.78, 5) is 11.1. The highest BCUT2D eigenvalue weighted by molar-refractivity contribution is 5.93. The van der Waals surface area contributed by atoms with Gasteiger partial charge >= 0.3 is 0 Å². The van der Waals surface area contributed by atoms with E-state index in [2.05, 4.69) is 25.2 Å². The third-order valence-electron chi connectivity index (χ3n) is 3.40. The maximum atomic E-state index is 11.1. The first kappa shape index (κ1) is 14.9. The van der Waals surface area contributed by atoms with E-state index in [1.807, 2.05) is 24.3 Å². The van der Waals surface area contributed by atoms with E-state index >= 15 is 0 Å². The van der Waals surface area contributed by atoms with E-state index in [0.717, 1.165) is 17.0 Å². The molecule has 2 rings (SSSR count). The Balaban J connectivity index is 2.19. The molecule has 0 aromatic heterocycles. The van der Waals surface area contributed by atoms with Crippen molar-refractivity contribution in [2.45, 2.75) is 19.9 Å². The molecule has 1 amide bonds. The molecule has 1 unspecified atom stereocenters. The highest BCUT2D eigenvalue weighted by Gasteiger charge is 2.11.